The zero-order valence-corrected chi connectivity index (χ0v) is 42.4. The Kier molecular flexibility index (Phi) is 32.3. The van der Waals surface area contributed by atoms with Crippen LogP contribution in [0.5, 0.6) is 0 Å². The monoisotopic (exact) mass is 1040 g/mol. The van der Waals surface area contributed by atoms with E-state index in [2.05, 4.69) is 20.6 Å². The number of imide groups is 1. The summed E-state index contributed by atoms with van der Waals surface area (Å²) in [6.45, 7) is 12.0. The highest BCUT2D eigenvalue weighted by atomic mass is 32.2. The summed E-state index contributed by atoms with van der Waals surface area (Å²) in [5.41, 5.74) is 7.12. The Bertz CT molecular complexity index is 1970. The van der Waals surface area contributed by atoms with Crippen molar-refractivity contribution in [1.29, 1.82) is 4.78 Å². The molecule has 0 aliphatic carbocycles. The minimum absolute atomic E-state index is 0.00935. The third-order valence-electron chi connectivity index (χ3n) is 9.72. The molecule has 0 fully saturated rings. The third-order valence-corrected chi connectivity index (χ3v) is 11.5. The lowest BCUT2D eigenvalue weighted by Crippen LogP contribution is -2.41. The highest BCUT2D eigenvalue weighted by molar-refractivity contribution is 7.92. The lowest BCUT2D eigenvalue weighted by atomic mass is 10.1. The molecule has 0 saturated carbocycles. The molecule has 1 unspecified atom stereocenters. The predicted octanol–water partition coefficient (Wildman–Crippen LogP) is 0.167. The van der Waals surface area contributed by atoms with Crippen LogP contribution >= 0.6 is 0 Å². The van der Waals surface area contributed by atoms with Crippen molar-refractivity contribution in [2.45, 2.75) is 38.0 Å². The van der Waals surface area contributed by atoms with Crippen molar-refractivity contribution in [2.75, 3.05) is 171 Å². The molecule has 1 aromatic rings. The van der Waals surface area contributed by atoms with Crippen LogP contribution in [-0.2, 0) is 85.9 Å². The van der Waals surface area contributed by atoms with Gasteiger partial charge in [-0.05, 0) is 25.5 Å². The summed E-state index contributed by atoms with van der Waals surface area (Å²) < 4.78 is 76.4. The van der Waals surface area contributed by atoms with Crippen molar-refractivity contribution in [3.63, 3.8) is 0 Å². The molecule has 0 bridgehead atoms. The van der Waals surface area contributed by atoms with Gasteiger partial charge in [0.2, 0.25) is 11.8 Å². The van der Waals surface area contributed by atoms with Gasteiger partial charge in [-0.25, -0.2) is 19.0 Å². The van der Waals surface area contributed by atoms with Gasteiger partial charge in [-0.1, -0.05) is 6.92 Å². The quantitative estimate of drug-likeness (QED) is 0.0385. The van der Waals surface area contributed by atoms with E-state index in [1.165, 1.54) is 17.3 Å². The van der Waals surface area contributed by atoms with Crippen molar-refractivity contribution in [3.8, 4) is 0 Å². The second kappa shape index (κ2) is 37.8. The van der Waals surface area contributed by atoms with Gasteiger partial charge in [0.1, 0.15) is 12.4 Å². The van der Waals surface area contributed by atoms with Crippen molar-refractivity contribution in [1.82, 2.24) is 25.6 Å². The van der Waals surface area contributed by atoms with E-state index in [4.69, 9.17) is 62.7 Å². The first kappa shape index (κ1) is 61.5. The number of amidine groups is 1. The first-order valence-corrected chi connectivity index (χ1v) is 25.8. The molecule has 0 aromatic carbocycles. The molecule has 1 atom stereocenters. The van der Waals surface area contributed by atoms with E-state index in [0.717, 1.165) is 17.1 Å². The molecular formula is C46H74N8O17S. The molecule has 406 valence electrons. The number of nitrogens with one attached hydrogen (secondary N) is 3. The Morgan fingerprint density at radius 1 is 0.694 bits per heavy atom. The number of nitrogens with two attached hydrogens (primary N) is 1. The average molecular weight is 1040 g/mol. The number of carbonyl (C=O) groups is 5. The van der Waals surface area contributed by atoms with E-state index in [-0.39, 0.29) is 74.0 Å². The van der Waals surface area contributed by atoms with Crippen LogP contribution in [-0.4, -0.2) is 225 Å². The van der Waals surface area contributed by atoms with E-state index in [9.17, 15) is 28.2 Å². The average Bonchev–Trinajstić information content (AvgIpc) is 3.56. The third kappa shape index (κ3) is 26.7. The lowest BCUT2D eigenvalue weighted by molar-refractivity contribution is -0.180. The number of pyridine rings is 1. The number of rotatable bonds is 44. The number of nitrogens with zero attached hydrogens (tertiary/aromatic N) is 4. The second-order valence-corrected chi connectivity index (χ2v) is 17.6. The van der Waals surface area contributed by atoms with Crippen LogP contribution in [0.25, 0.3) is 6.08 Å². The number of hydrogen-bond donors (Lipinski definition) is 4. The summed E-state index contributed by atoms with van der Waals surface area (Å²) in [5.74, 6) is -2.06. The molecule has 2 aliphatic heterocycles. The molecule has 72 heavy (non-hydrogen) atoms. The summed E-state index contributed by atoms with van der Waals surface area (Å²) in [6.07, 6.45) is 6.03. The highest BCUT2D eigenvalue weighted by Crippen LogP contribution is 2.28. The molecule has 0 saturated heterocycles. The Balaban J connectivity index is 1.02. The van der Waals surface area contributed by atoms with Gasteiger partial charge in [0, 0.05) is 56.4 Å². The Morgan fingerprint density at radius 2 is 1.15 bits per heavy atom. The summed E-state index contributed by atoms with van der Waals surface area (Å²) in [4.78, 5) is 75.4. The van der Waals surface area contributed by atoms with Gasteiger partial charge in [-0.2, -0.15) is 0 Å². The van der Waals surface area contributed by atoms with Crippen molar-refractivity contribution in [3.05, 3.63) is 35.7 Å². The van der Waals surface area contributed by atoms with Crippen molar-refractivity contribution < 1.29 is 80.4 Å². The fourth-order valence-electron chi connectivity index (χ4n) is 6.15. The molecule has 0 spiro atoms. The molecule has 5 amide bonds. The van der Waals surface area contributed by atoms with Crippen molar-refractivity contribution >= 4 is 56.9 Å². The van der Waals surface area contributed by atoms with Crippen LogP contribution in [0.3, 0.4) is 0 Å². The number of fused-ring (bicyclic) bond motifs is 1. The largest absolute Gasteiger partial charge is 0.387 e. The van der Waals surface area contributed by atoms with Crippen molar-refractivity contribution in [2.24, 2.45) is 10.7 Å². The minimum atomic E-state index is -3.34. The Labute approximate surface area is 421 Å². The highest BCUT2D eigenvalue weighted by Gasteiger charge is 2.26. The number of carbonyl (C=O) groups excluding carboxylic acids is 5. The number of hydroxylamine groups is 2. The number of ether oxygens (including phenoxy) is 10. The molecule has 26 heteroatoms. The topological polar surface area (TPSA) is 310 Å². The maximum atomic E-state index is 13.3. The predicted molar refractivity (Wildman–Crippen MR) is 260 cm³/mol. The normalized spacial score (nSPS) is 14.2. The van der Waals surface area contributed by atoms with Gasteiger partial charge in [-0.3, -0.25) is 38.7 Å². The number of aromatic nitrogens is 1. The van der Waals surface area contributed by atoms with Gasteiger partial charge >= 0.3 is 0 Å². The second-order valence-electron chi connectivity index (χ2n) is 15.4. The summed E-state index contributed by atoms with van der Waals surface area (Å²) in [7, 11) is -3.34. The molecule has 2 aliphatic rings. The molecule has 3 rings (SSSR count). The lowest BCUT2D eigenvalue weighted by Gasteiger charge is -2.21. The summed E-state index contributed by atoms with van der Waals surface area (Å²) in [5, 5.41) is 6.55. The summed E-state index contributed by atoms with van der Waals surface area (Å²) >= 11 is 0. The van der Waals surface area contributed by atoms with Gasteiger partial charge in [0.25, 0.3) is 17.7 Å². The van der Waals surface area contributed by atoms with Crippen LogP contribution in [0.2, 0.25) is 0 Å². The van der Waals surface area contributed by atoms with Gasteiger partial charge in [0.15, 0.2) is 0 Å². The van der Waals surface area contributed by atoms with E-state index in [1.807, 2.05) is 6.92 Å². The zero-order chi connectivity index (χ0) is 52.1. The smallest absolute Gasteiger partial charge is 0.273 e. The molecular weight excluding hydrogens is 969 g/mol. The zero-order valence-electron chi connectivity index (χ0n) is 41.6. The van der Waals surface area contributed by atoms with E-state index < -0.39 is 27.5 Å². The van der Waals surface area contributed by atoms with Crippen LogP contribution in [0.1, 0.15) is 38.8 Å². The van der Waals surface area contributed by atoms with Crippen LogP contribution in [0, 0.1) is 4.78 Å². The maximum absolute atomic E-state index is 13.3. The standard InChI is InChI=1S/C46H74N8O17S/c1-3-10-54(71-4-2)46(59)37-32-39-40(52-41(47)33-37)34-38(35-51-39)72(48,60)31-9-50-42(55)7-11-61-13-15-63-17-19-65-21-23-67-25-27-69-29-30-70-28-26-68-24-22-66-20-18-64-16-14-62-12-8-49-43(56)36-53-44(57)5-6-45(53)58/h5-6,32,34-35,48H,3-4,7-31,33,36H2,1-2H3,(H2,47,52)(H,49,56)(H,50,55). The van der Waals surface area contributed by atoms with Gasteiger partial charge in [-0.15, -0.1) is 0 Å². The van der Waals surface area contributed by atoms with E-state index >= 15 is 0 Å². The van der Waals surface area contributed by atoms with Crippen LogP contribution < -0.4 is 16.4 Å². The van der Waals surface area contributed by atoms with Crippen LogP contribution in [0.15, 0.2) is 39.9 Å². The SMILES string of the molecule is CCCN(OCC)C(=O)C1=Cc2ncc(S(=N)(=O)CCNC(=O)CCOCCOCCOCCOCCOCCOCCOCCOCCOCCOCCNC(=O)CN3C(=O)C=CC3=O)cc2N=C(N)C1. The fourth-order valence-corrected chi connectivity index (χ4v) is 7.30. The first-order valence-electron chi connectivity index (χ1n) is 24.0. The van der Waals surface area contributed by atoms with E-state index in [1.54, 1.807) is 13.0 Å². The molecule has 3 heterocycles. The fraction of sp³-hybridized carbons (Fsp3) is 0.674. The van der Waals surface area contributed by atoms with E-state index in [0.29, 0.717) is 155 Å². The summed E-state index contributed by atoms with van der Waals surface area (Å²) in [6, 6.07) is 1.48. The molecule has 5 N–H and O–H groups in total. The number of hydrogen-bond acceptors (Lipinski definition) is 21. The Morgan fingerprint density at radius 3 is 1.62 bits per heavy atom. The first-order chi connectivity index (χ1) is 34.9. The minimum Gasteiger partial charge on any atom is -0.387 e. The Hall–Kier alpha value is -4.84. The molecule has 0 radical (unpaired) electrons. The van der Waals surface area contributed by atoms with Crippen LogP contribution in [0.4, 0.5) is 5.69 Å². The molecule has 1 aromatic heterocycles. The van der Waals surface area contributed by atoms with Gasteiger partial charge in [0.05, 0.1) is 171 Å². The number of aliphatic imine (C=N–C) groups is 1. The molecule has 25 nitrogen and oxygen atoms in total. The van der Waals surface area contributed by atoms with Gasteiger partial charge < -0.3 is 63.7 Å². The maximum Gasteiger partial charge on any atom is 0.273 e. The number of amides is 5.